The summed E-state index contributed by atoms with van der Waals surface area (Å²) in [6.07, 6.45) is 0. The molecule has 1 heterocycles. The number of phenolic OH excluding ortho intramolecular Hbond substituents is 1. The number of nitrogens with one attached hydrogen (secondary N) is 1. The van der Waals surface area contributed by atoms with E-state index in [1.807, 2.05) is 37.3 Å². The molecule has 1 aromatic heterocycles. The van der Waals surface area contributed by atoms with Crippen LogP contribution in [0.25, 0.3) is 10.2 Å². The van der Waals surface area contributed by atoms with E-state index in [4.69, 9.17) is 4.74 Å². The predicted molar refractivity (Wildman–Crippen MR) is 82.3 cm³/mol. The lowest BCUT2D eigenvalue weighted by Gasteiger charge is -2.04. The molecule has 0 saturated carbocycles. The number of nitrogens with zero attached hydrogens (tertiary/aromatic N) is 1. The summed E-state index contributed by atoms with van der Waals surface area (Å²) < 4.78 is 6.28. The second kappa shape index (κ2) is 5.02. The fraction of sp³-hybridized carbons (Fsp3) is 0.133. The molecule has 0 atom stereocenters. The molecule has 0 aliphatic heterocycles. The summed E-state index contributed by atoms with van der Waals surface area (Å²) in [4.78, 5) is 4.52. The number of ether oxygens (including phenoxy) is 1. The first kappa shape index (κ1) is 12.7. The Morgan fingerprint density at radius 2 is 2.05 bits per heavy atom. The van der Waals surface area contributed by atoms with Crippen molar-refractivity contribution in [3.8, 4) is 11.5 Å². The maximum Gasteiger partial charge on any atom is 0.188 e. The number of aryl methyl sites for hydroxylation is 1. The van der Waals surface area contributed by atoms with Crippen LogP contribution in [0.4, 0.5) is 10.8 Å². The van der Waals surface area contributed by atoms with Crippen LogP contribution < -0.4 is 10.1 Å². The number of hydrogen-bond acceptors (Lipinski definition) is 5. The van der Waals surface area contributed by atoms with Gasteiger partial charge in [-0.25, -0.2) is 4.98 Å². The summed E-state index contributed by atoms with van der Waals surface area (Å²) in [6.45, 7) is 1.86. The van der Waals surface area contributed by atoms with Gasteiger partial charge in [-0.3, -0.25) is 0 Å². The number of phenols is 1. The number of anilines is 2. The topological polar surface area (TPSA) is 54.4 Å². The summed E-state index contributed by atoms with van der Waals surface area (Å²) in [6, 6.07) is 11.2. The molecule has 0 fully saturated rings. The minimum atomic E-state index is 0.296. The van der Waals surface area contributed by atoms with Gasteiger partial charge in [0.05, 0.1) is 17.3 Å². The Balaban J connectivity index is 1.92. The number of hydrogen-bond donors (Lipinski definition) is 2. The van der Waals surface area contributed by atoms with Crippen molar-refractivity contribution in [3.05, 3.63) is 42.0 Å². The van der Waals surface area contributed by atoms with E-state index in [2.05, 4.69) is 10.3 Å². The SMILES string of the molecule is COc1ccc2nc(Nc3ccc(O)c(C)c3)sc2c1. The van der Waals surface area contributed by atoms with E-state index in [9.17, 15) is 5.11 Å². The number of rotatable bonds is 3. The second-order valence-electron chi connectivity index (χ2n) is 4.48. The number of thiazole rings is 1. The molecule has 5 heteroatoms. The summed E-state index contributed by atoms with van der Waals surface area (Å²) in [5.41, 5.74) is 2.68. The normalized spacial score (nSPS) is 10.7. The van der Waals surface area contributed by atoms with E-state index in [1.54, 1.807) is 24.5 Å². The molecular formula is C15H14N2O2S. The number of fused-ring (bicyclic) bond motifs is 1. The van der Waals surface area contributed by atoms with Crippen LogP contribution in [0.5, 0.6) is 11.5 Å². The van der Waals surface area contributed by atoms with E-state index >= 15 is 0 Å². The lowest BCUT2D eigenvalue weighted by atomic mass is 10.2. The average Bonchev–Trinajstić information content (AvgIpc) is 2.84. The van der Waals surface area contributed by atoms with Crippen LogP contribution >= 0.6 is 11.3 Å². The lowest BCUT2D eigenvalue weighted by Crippen LogP contribution is -1.89. The highest BCUT2D eigenvalue weighted by Crippen LogP contribution is 2.31. The first-order valence-electron chi connectivity index (χ1n) is 6.17. The molecule has 2 N–H and O–H groups in total. The summed E-state index contributed by atoms with van der Waals surface area (Å²) in [5.74, 6) is 1.12. The van der Waals surface area contributed by atoms with E-state index < -0.39 is 0 Å². The quantitative estimate of drug-likeness (QED) is 0.713. The molecule has 20 heavy (non-hydrogen) atoms. The monoisotopic (exact) mass is 286 g/mol. The number of aromatic nitrogens is 1. The van der Waals surface area contributed by atoms with Crippen LogP contribution in [0, 0.1) is 6.92 Å². The van der Waals surface area contributed by atoms with Crippen LogP contribution in [0.1, 0.15) is 5.56 Å². The van der Waals surface area contributed by atoms with Gasteiger partial charge in [-0.1, -0.05) is 11.3 Å². The zero-order valence-electron chi connectivity index (χ0n) is 11.2. The van der Waals surface area contributed by atoms with Gasteiger partial charge in [-0.15, -0.1) is 0 Å². The average molecular weight is 286 g/mol. The molecule has 0 amide bonds. The summed E-state index contributed by atoms with van der Waals surface area (Å²) >= 11 is 1.57. The van der Waals surface area contributed by atoms with Crippen LogP contribution in [-0.2, 0) is 0 Å². The van der Waals surface area contributed by atoms with E-state index in [1.165, 1.54) is 0 Å². The fourth-order valence-corrected chi connectivity index (χ4v) is 2.86. The van der Waals surface area contributed by atoms with Crippen molar-refractivity contribution in [2.45, 2.75) is 6.92 Å². The highest BCUT2D eigenvalue weighted by Gasteiger charge is 2.06. The molecule has 0 radical (unpaired) electrons. The van der Waals surface area contributed by atoms with Crippen molar-refractivity contribution in [2.75, 3.05) is 12.4 Å². The zero-order chi connectivity index (χ0) is 14.1. The maximum absolute atomic E-state index is 9.53. The molecule has 4 nitrogen and oxygen atoms in total. The summed E-state index contributed by atoms with van der Waals surface area (Å²) in [7, 11) is 1.65. The van der Waals surface area contributed by atoms with Gasteiger partial charge in [-0.2, -0.15) is 0 Å². The third-order valence-corrected chi connectivity index (χ3v) is 3.98. The molecule has 0 aliphatic carbocycles. The minimum Gasteiger partial charge on any atom is -0.508 e. The van der Waals surface area contributed by atoms with Crippen molar-refractivity contribution in [1.82, 2.24) is 4.98 Å². The van der Waals surface area contributed by atoms with Gasteiger partial charge in [0.1, 0.15) is 11.5 Å². The van der Waals surface area contributed by atoms with Gasteiger partial charge in [0.2, 0.25) is 0 Å². The van der Waals surface area contributed by atoms with E-state index in [-0.39, 0.29) is 0 Å². The Bertz CT molecular complexity index is 768. The van der Waals surface area contributed by atoms with Crippen molar-refractivity contribution in [3.63, 3.8) is 0 Å². The Morgan fingerprint density at radius 3 is 2.80 bits per heavy atom. The third-order valence-electron chi connectivity index (χ3n) is 3.04. The molecular weight excluding hydrogens is 272 g/mol. The van der Waals surface area contributed by atoms with Gasteiger partial charge in [0, 0.05) is 5.69 Å². The van der Waals surface area contributed by atoms with Crippen LogP contribution in [-0.4, -0.2) is 17.2 Å². The summed E-state index contributed by atoms with van der Waals surface area (Å²) in [5, 5.41) is 13.6. The third kappa shape index (κ3) is 2.40. The van der Waals surface area contributed by atoms with Gasteiger partial charge in [-0.05, 0) is 48.9 Å². The van der Waals surface area contributed by atoms with E-state index in [0.29, 0.717) is 5.75 Å². The molecule has 0 unspecified atom stereocenters. The fourth-order valence-electron chi connectivity index (χ4n) is 1.94. The zero-order valence-corrected chi connectivity index (χ0v) is 12.0. The molecule has 0 spiro atoms. The van der Waals surface area contributed by atoms with Crippen molar-refractivity contribution >= 4 is 32.4 Å². The molecule has 3 rings (SSSR count). The molecule has 0 bridgehead atoms. The van der Waals surface area contributed by atoms with Crippen LogP contribution in [0.15, 0.2) is 36.4 Å². The predicted octanol–water partition coefficient (Wildman–Crippen LogP) is 4.06. The lowest BCUT2D eigenvalue weighted by molar-refractivity contribution is 0.415. The smallest absolute Gasteiger partial charge is 0.188 e. The molecule has 102 valence electrons. The van der Waals surface area contributed by atoms with Crippen LogP contribution in [0.3, 0.4) is 0 Å². The maximum atomic E-state index is 9.53. The Labute approximate surface area is 120 Å². The Morgan fingerprint density at radius 1 is 1.20 bits per heavy atom. The van der Waals surface area contributed by atoms with Crippen molar-refractivity contribution in [2.24, 2.45) is 0 Å². The largest absolute Gasteiger partial charge is 0.508 e. The standard InChI is InChI=1S/C15H14N2O2S/c1-9-7-10(3-6-13(9)18)16-15-17-12-5-4-11(19-2)8-14(12)20-15/h3-8,18H,1-2H3,(H,16,17). The molecule has 0 aliphatic rings. The van der Waals surface area contributed by atoms with Gasteiger partial charge in [0.25, 0.3) is 0 Å². The van der Waals surface area contributed by atoms with Gasteiger partial charge in [0.15, 0.2) is 5.13 Å². The van der Waals surface area contributed by atoms with E-state index in [0.717, 1.165) is 32.3 Å². The number of methoxy groups -OCH3 is 1. The first-order valence-corrected chi connectivity index (χ1v) is 6.98. The van der Waals surface area contributed by atoms with Gasteiger partial charge < -0.3 is 15.2 Å². The van der Waals surface area contributed by atoms with Crippen molar-refractivity contribution in [1.29, 1.82) is 0 Å². The molecule has 3 aromatic rings. The Hall–Kier alpha value is -2.27. The number of benzene rings is 2. The van der Waals surface area contributed by atoms with Crippen LogP contribution in [0.2, 0.25) is 0 Å². The molecule has 0 saturated heterocycles. The van der Waals surface area contributed by atoms with Crippen molar-refractivity contribution < 1.29 is 9.84 Å². The molecule has 2 aromatic carbocycles. The minimum absolute atomic E-state index is 0.296. The van der Waals surface area contributed by atoms with Gasteiger partial charge >= 0.3 is 0 Å². The second-order valence-corrected chi connectivity index (χ2v) is 5.51. The highest BCUT2D eigenvalue weighted by atomic mass is 32.1. The highest BCUT2D eigenvalue weighted by molar-refractivity contribution is 7.22. The number of aromatic hydroxyl groups is 1. The Kier molecular flexibility index (Phi) is 3.20. The first-order chi connectivity index (χ1) is 9.65.